The number of hydrogen-bond donors (Lipinski definition) is 1. The van der Waals surface area contributed by atoms with Crippen LogP contribution >= 0.6 is 0 Å². The van der Waals surface area contributed by atoms with Crippen LogP contribution in [0.3, 0.4) is 0 Å². The minimum absolute atomic E-state index is 0.182. The fourth-order valence-electron chi connectivity index (χ4n) is 4.39. The van der Waals surface area contributed by atoms with Crippen molar-refractivity contribution >= 4 is 11.0 Å². The lowest BCUT2D eigenvalue weighted by atomic mass is 9.95. The number of nitrogens with zero attached hydrogens (tertiary/aromatic N) is 5. The zero-order chi connectivity index (χ0) is 16.1. The van der Waals surface area contributed by atoms with Crippen LogP contribution in [0.15, 0.2) is 18.7 Å². The zero-order valence-corrected chi connectivity index (χ0v) is 13.4. The van der Waals surface area contributed by atoms with E-state index in [0.29, 0.717) is 12.3 Å². The summed E-state index contributed by atoms with van der Waals surface area (Å²) in [5.41, 5.74) is 5.17. The van der Waals surface area contributed by atoms with E-state index < -0.39 is 0 Å². The molecule has 1 fully saturated rings. The third-order valence-corrected chi connectivity index (χ3v) is 5.55. The Morgan fingerprint density at radius 2 is 2.12 bits per heavy atom. The van der Waals surface area contributed by atoms with Crippen molar-refractivity contribution < 1.29 is 0 Å². The average molecular weight is 318 g/mol. The molecule has 0 amide bonds. The molecule has 5 rings (SSSR count). The summed E-state index contributed by atoms with van der Waals surface area (Å²) in [7, 11) is 0. The maximum Gasteiger partial charge on any atom is 0.141 e. The molecule has 3 aromatic rings. The van der Waals surface area contributed by atoms with Crippen LogP contribution in [0.4, 0.5) is 0 Å². The van der Waals surface area contributed by atoms with Gasteiger partial charge in [0.25, 0.3) is 0 Å². The highest BCUT2D eigenvalue weighted by Crippen LogP contribution is 2.40. The van der Waals surface area contributed by atoms with Crippen molar-refractivity contribution in [3.63, 3.8) is 0 Å². The minimum atomic E-state index is 0.182. The molecule has 3 aromatic heterocycles. The first kappa shape index (κ1) is 13.7. The maximum absolute atomic E-state index is 9.28. The molecular formula is C18H18N6. The Bertz CT molecular complexity index is 954. The van der Waals surface area contributed by atoms with Crippen molar-refractivity contribution in [2.75, 3.05) is 0 Å². The van der Waals surface area contributed by atoms with Gasteiger partial charge in [0.15, 0.2) is 0 Å². The van der Waals surface area contributed by atoms with Crippen LogP contribution in [0.25, 0.3) is 22.4 Å². The summed E-state index contributed by atoms with van der Waals surface area (Å²) < 4.78 is 2.05. The summed E-state index contributed by atoms with van der Waals surface area (Å²) in [4.78, 5) is 12.0. The number of hydrogen-bond acceptors (Lipinski definition) is 4. The summed E-state index contributed by atoms with van der Waals surface area (Å²) >= 11 is 0. The van der Waals surface area contributed by atoms with E-state index in [0.717, 1.165) is 28.8 Å². The topological polar surface area (TPSA) is 83.2 Å². The smallest absolute Gasteiger partial charge is 0.141 e. The second-order valence-electron chi connectivity index (χ2n) is 6.89. The lowest BCUT2D eigenvalue weighted by Crippen LogP contribution is -2.17. The van der Waals surface area contributed by atoms with Crippen LogP contribution in [0.2, 0.25) is 0 Å². The highest BCUT2D eigenvalue weighted by molar-refractivity contribution is 5.95. The van der Waals surface area contributed by atoms with E-state index >= 15 is 0 Å². The summed E-state index contributed by atoms with van der Waals surface area (Å²) in [6.07, 6.45) is 12.1. The van der Waals surface area contributed by atoms with Crippen molar-refractivity contribution in [3.05, 3.63) is 29.8 Å². The van der Waals surface area contributed by atoms with Gasteiger partial charge >= 0.3 is 0 Å². The Labute approximate surface area is 139 Å². The Balaban J connectivity index is 1.61. The predicted octanol–water partition coefficient (Wildman–Crippen LogP) is 3.37. The normalized spacial score (nSPS) is 17.8. The second-order valence-corrected chi connectivity index (χ2v) is 6.89. The number of nitrogens with one attached hydrogen (secondary N) is 1. The summed E-state index contributed by atoms with van der Waals surface area (Å²) in [5, 5.41) is 15.2. The van der Waals surface area contributed by atoms with Crippen molar-refractivity contribution in [1.82, 2.24) is 24.7 Å². The Hall–Kier alpha value is -2.68. The van der Waals surface area contributed by atoms with E-state index in [2.05, 4.69) is 27.2 Å². The molecular weight excluding hydrogens is 300 g/mol. The van der Waals surface area contributed by atoms with Gasteiger partial charge in [0, 0.05) is 24.4 Å². The molecule has 6 heteroatoms. The fourth-order valence-corrected chi connectivity index (χ4v) is 4.39. The highest BCUT2D eigenvalue weighted by atomic mass is 15.3. The molecule has 3 heterocycles. The van der Waals surface area contributed by atoms with Crippen LogP contribution in [-0.2, 0) is 6.42 Å². The SMILES string of the molecule is N#CCC(C1CCCC1)n1cc2c(n1)-c1ncnc3[nH]cc(c13)C2. The van der Waals surface area contributed by atoms with Gasteiger partial charge in [-0.3, -0.25) is 4.68 Å². The molecule has 0 aliphatic heterocycles. The molecule has 120 valence electrons. The molecule has 0 aromatic carbocycles. The second kappa shape index (κ2) is 5.17. The van der Waals surface area contributed by atoms with Crippen LogP contribution in [0, 0.1) is 17.2 Å². The molecule has 0 radical (unpaired) electrons. The van der Waals surface area contributed by atoms with E-state index in [-0.39, 0.29) is 6.04 Å². The lowest BCUT2D eigenvalue weighted by molar-refractivity contribution is 0.315. The number of aromatic amines is 1. The van der Waals surface area contributed by atoms with Gasteiger partial charge in [0.1, 0.15) is 23.4 Å². The van der Waals surface area contributed by atoms with E-state index in [1.807, 2.05) is 10.9 Å². The standard InChI is InChI=1S/C18H18N6/c19-6-5-14(11-3-1-2-4-11)24-9-13-7-12-8-20-18-15(12)17(16(13)23-24)21-10-22-18/h8-11,14H,1-5,7H2,(H,20,21,22). The molecule has 1 saturated carbocycles. The minimum Gasteiger partial charge on any atom is -0.346 e. The molecule has 1 unspecified atom stereocenters. The van der Waals surface area contributed by atoms with Crippen LogP contribution < -0.4 is 0 Å². The number of fused-ring (bicyclic) bond motifs is 2. The van der Waals surface area contributed by atoms with Gasteiger partial charge in [-0.05, 0) is 24.3 Å². The number of nitriles is 1. The number of rotatable bonds is 3. The van der Waals surface area contributed by atoms with Gasteiger partial charge < -0.3 is 4.98 Å². The quantitative estimate of drug-likeness (QED) is 0.628. The largest absolute Gasteiger partial charge is 0.346 e. The van der Waals surface area contributed by atoms with Gasteiger partial charge in [0.05, 0.1) is 23.9 Å². The zero-order valence-electron chi connectivity index (χ0n) is 13.4. The molecule has 0 saturated heterocycles. The molecule has 0 spiro atoms. The summed E-state index contributed by atoms with van der Waals surface area (Å²) in [5.74, 6) is 0.566. The van der Waals surface area contributed by atoms with Crippen LogP contribution in [0.5, 0.6) is 0 Å². The first-order valence-corrected chi connectivity index (χ1v) is 8.61. The average Bonchev–Trinajstić information content (AvgIpc) is 3.33. The summed E-state index contributed by atoms with van der Waals surface area (Å²) in [6, 6.07) is 2.55. The molecule has 2 aliphatic carbocycles. The predicted molar refractivity (Wildman–Crippen MR) is 89.1 cm³/mol. The molecule has 1 atom stereocenters. The molecule has 0 bridgehead atoms. The van der Waals surface area contributed by atoms with E-state index in [9.17, 15) is 5.26 Å². The van der Waals surface area contributed by atoms with Gasteiger partial charge in [-0.25, -0.2) is 9.97 Å². The van der Waals surface area contributed by atoms with Gasteiger partial charge in [-0.2, -0.15) is 10.4 Å². The number of H-pyrrole nitrogens is 1. The van der Waals surface area contributed by atoms with Gasteiger partial charge in [-0.1, -0.05) is 12.8 Å². The molecule has 6 nitrogen and oxygen atoms in total. The van der Waals surface area contributed by atoms with Crippen molar-refractivity contribution in [2.45, 2.75) is 44.6 Å². The third-order valence-electron chi connectivity index (χ3n) is 5.55. The molecule has 1 N–H and O–H groups in total. The van der Waals surface area contributed by atoms with Crippen molar-refractivity contribution in [3.8, 4) is 17.5 Å². The van der Waals surface area contributed by atoms with E-state index in [1.165, 1.54) is 36.8 Å². The molecule has 24 heavy (non-hydrogen) atoms. The fraction of sp³-hybridized carbons (Fsp3) is 0.444. The monoisotopic (exact) mass is 318 g/mol. The highest BCUT2D eigenvalue weighted by Gasteiger charge is 2.30. The van der Waals surface area contributed by atoms with E-state index in [1.54, 1.807) is 6.33 Å². The Morgan fingerprint density at radius 1 is 1.25 bits per heavy atom. The van der Waals surface area contributed by atoms with Crippen LogP contribution in [0.1, 0.15) is 49.3 Å². The maximum atomic E-state index is 9.28. The van der Waals surface area contributed by atoms with Gasteiger partial charge in [-0.15, -0.1) is 0 Å². The lowest BCUT2D eigenvalue weighted by Gasteiger charge is -2.21. The number of aromatic nitrogens is 5. The third kappa shape index (κ3) is 1.91. The van der Waals surface area contributed by atoms with Crippen molar-refractivity contribution in [2.24, 2.45) is 5.92 Å². The first-order chi connectivity index (χ1) is 11.8. The molecule has 2 aliphatic rings. The van der Waals surface area contributed by atoms with Crippen molar-refractivity contribution in [1.29, 1.82) is 5.26 Å². The summed E-state index contributed by atoms with van der Waals surface area (Å²) in [6.45, 7) is 0. The Morgan fingerprint density at radius 3 is 2.96 bits per heavy atom. The Kier molecular flexibility index (Phi) is 2.96. The first-order valence-electron chi connectivity index (χ1n) is 8.61. The van der Waals surface area contributed by atoms with Crippen LogP contribution in [-0.4, -0.2) is 24.7 Å². The van der Waals surface area contributed by atoms with Gasteiger partial charge in [0.2, 0.25) is 0 Å². The van der Waals surface area contributed by atoms with E-state index in [4.69, 9.17) is 5.10 Å².